The smallest absolute Gasteiger partial charge is 0.232 e. The van der Waals surface area contributed by atoms with Gasteiger partial charge in [0.15, 0.2) is 0 Å². The molecule has 1 atom stereocenters. The van der Waals surface area contributed by atoms with Gasteiger partial charge in [0.1, 0.15) is 0 Å². The number of anilines is 1. The molecule has 1 rings (SSSR count). The van der Waals surface area contributed by atoms with Crippen LogP contribution in [-0.4, -0.2) is 14.2 Å². The molecule has 0 saturated carbocycles. The number of nitrogens with one attached hydrogen (secondary N) is 1. The Labute approximate surface area is 97.9 Å². The van der Waals surface area contributed by atoms with Crippen molar-refractivity contribution in [2.45, 2.75) is 33.1 Å². The summed E-state index contributed by atoms with van der Waals surface area (Å²) in [4.78, 5) is 0. The zero-order chi connectivity index (χ0) is 12.2. The van der Waals surface area contributed by atoms with Crippen molar-refractivity contribution in [3.8, 4) is 0 Å². The summed E-state index contributed by atoms with van der Waals surface area (Å²) in [5, 5.41) is 0. The van der Waals surface area contributed by atoms with Crippen molar-refractivity contribution in [1.82, 2.24) is 0 Å². The molecule has 0 saturated heterocycles. The van der Waals surface area contributed by atoms with Crippen molar-refractivity contribution >= 4 is 15.7 Å². The molecule has 4 heteroatoms. The Morgan fingerprint density at radius 1 is 1.25 bits per heavy atom. The van der Waals surface area contributed by atoms with Gasteiger partial charge in [0.25, 0.3) is 0 Å². The topological polar surface area (TPSA) is 46.2 Å². The van der Waals surface area contributed by atoms with Crippen LogP contribution < -0.4 is 4.72 Å². The molecule has 0 fully saturated rings. The molecule has 1 aromatic carbocycles. The van der Waals surface area contributed by atoms with Gasteiger partial charge in [0.05, 0.1) is 11.4 Å². The molecule has 0 aliphatic rings. The highest BCUT2D eigenvalue weighted by Gasteiger charge is 2.12. The standard InChI is InChI=1S/C12H19NO2S/c1-4-10(3)11-8-6-7-9-12(11)13-16(14,15)5-2/h6-10,13H,4-5H2,1-3H3/t10-/m1/s1. The van der Waals surface area contributed by atoms with Crippen LogP contribution in [0.2, 0.25) is 0 Å². The van der Waals surface area contributed by atoms with Crippen LogP contribution in [0.25, 0.3) is 0 Å². The van der Waals surface area contributed by atoms with E-state index in [-0.39, 0.29) is 5.75 Å². The first-order valence-corrected chi connectivity index (χ1v) is 7.24. The second-order valence-corrected chi connectivity index (χ2v) is 5.91. The minimum atomic E-state index is -3.19. The van der Waals surface area contributed by atoms with Crippen LogP contribution in [0.5, 0.6) is 0 Å². The number of sulfonamides is 1. The Hall–Kier alpha value is -1.03. The average Bonchev–Trinajstić information content (AvgIpc) is 2.28. The lowest BCUT2D eigenvalue weighted by molar-refractivity contribution is 0.602. The summed E-state index contributed by atoms with van der Waals surface area (Å²) >= 11 is 0. The summed E-state index contributed by atoms with van der Waals surface area (Å²) in [6.45, 7) is 5.82. The molecule has 0 aromatic heterocycles. The van der Waals surface area contributed by atoms with Crippen molar-refractivity contribution in [3.05, 3.63) is 29.8 Å². The maximum absolute atomic E-state index is 11.5. The first kappa shape index (κ1) is 13.0. The number of hydrogen-bond acceptors (Lipinski definition) is 2. The maximum atomic E-state index is 11.5. The molecule has 16 heavy (non-hydrogen) atoms. The predicted molar refractivity (Wildman–Crippen MR) is 68.2 cm³/mol. The molecular weight excluding hydrogens is 222 g/mol. The fourth-order valence-electron chi connectivity index (χ4n) is 1.48. The largest absolute Gasteiger partial charge is 0.283 e. The molecule has 1 aromatic rings. The molecule has 0 radical (unpaired) electrons. The lowest BCUT2D eigenvalue weighted by atomic mass is 9.97. The summed E-state index contributed by atoms with van der Waals surface area (Å²) in [6, 6.07) is 7.57. The van der Waals surface area contributed by atoms with Crippen molar-refractivity contribution in [3.63, 3.8) is 0 Å². The van der Waals surface area contributed by atoms with E-state index in [9.17, 15) is 8.42 Å². The normalized spacial score (nSPS) is 13.4. The van der Waals surface area contributed by atoms with E-state index in [4.69, 9.17) is 0 Å². The van der Waals surface area contributed by atoms with Crippen LogP contribution >= 0.6 is 0 Å². The Morgan fingerprint density at radius 2 is 1.88 bits per heavy atom. The molecule has 0 heterocycles. The zero-order valence-electron chi connectivity index (χ0n) is 10.0. The zero-order valence-corrected chi connectivity index (χ0v) is 10.8. The summed E-state index contributed by atoms with van der Waals surface area (Å²) in [5.74, 6) is 0.456. The van der Waals surface area contributed by atoms with E-state index in [0.717, 1.165) is 12.0 Å². The highest BCUT2D eigenvalue weighted by atomic mass is 32.2. The quantitative estimate of drug-likeness (QED) is 0.861. The number of benzene rings is 1. The van der Waals surface area contributed by atoms with Crippen molar-refractivity contribution in [1.29, 1.82) is 0 Å². The monoisotopic (exact) mass is 241 g/mol. The van der Waals surface area contributed by atoms with Gasteiger partial charge in [-0.05, 0) is 30.9 Å². The maximum Gasteiger partial charge on any atom is 0.232 e. The molecule has 0 aliphatic heterocycles. The van der Waals surface area contributed by atoms with Crippen LogP contribution in [0.3, 0.4) is 0 Å². The van der Waals surface area contributed by atoms with Crippen LogP contribution in [0.4, 0.5) is 5.69 Å². The van der Waals surface area contributed by atoms with Gasteiger partial charge in [0, 0.05) is 0 Å². The van der Waals surface area contributed by atoms with Gasteiger partial charge in [-0.15, -0.1) is 0 Å². The van der Waals surface area contributed by atoms with E-state index < -0.39 is 10.0 Å². The summed E-state index contributed by atoms with van der Waals surface area (Å²) in [5.41, 5.74) is 1.76. The lowest BCUT2D eigenvalue weighted by Gasteiger charge is -2.15. The fraction of sp³-hybridized carbons (Fsp3) is 0.500. The third-order valence-corrected chi connectivity index (χ3v) is 4.04. The van der Waals surface area contributed by atoms with Gasteiger partial charge in [0.2, 0.25) is 10.0 Å². The second kappa shape index (κ2) is 5.34. The van der Waals surface area contributed by atoms with E-state index in [0.29, 0.717) is 11.6 Å². The molecule has 90 valence electrons. The van der Waals surface area contributed by atoms with Crippen molar-refractivity contribution in [2.24, 2.45) is 0 Å². The molecular formula is C12H19NO2S. The summed E-state index contributed by atoms with van der Waals surface area (Å²) < 4.78 is 25.7. The van der Waals surface area contributed by atoms with E-state index in [1.807, 2.05) is 24.3 Å². The Morgan fingerprint density at radius 3 is 2.44 bits per heavy atom. The summed E-state index contributed by atoms with van der Waals surface area (Å²) in [7, 11) is -3.19. The highest BCUT2D eigenvalue weighted by molar-refractivity contribution is 7.92. The van der Waals surface area contributed by atoms with Crippen molar-refractivity contribution in [2.75, 3.05) is 10.5 Å². The van der Waals surface area contributed by atoms with Crippen molar-refractivity contribution < 1.29 is 8.42 Å². The van der Waals surface area contributed by atoms with Crippen LogP contribution in [0, 0.1) is 0 Å². The van der Waals surface area contributed by atoms with Gasteiger partial charge >= 0.3 is 0 Å². The lowest BCUT2D eigenvalue weighted by Crippen LogP contribution is -2.16. The summed E-state index contributed by atoms with van der Waals surface area (Å²) in [6.07, 6.45) is 0.991. The average molecular weight is 241 g/mol. The van der Waals surface area contributed by atoms with Gasteiger partial charge in [-0.25, -0.2) is 8.42 Å². The molecule has 0 bridgehead atoms. The SMILES string of the molecule is CC[C@@H](C)c1ccccc1NS(=O)(=O)CC. The minimum Gasteiger partial charge on any atom is -0.283 e. The number of rotatable bonds is 5. The third-order valence-electron chi connectivity index (χ3n) is 2.75. The van der Waals surface area contributed by atoms with E-state index in [1.54, 1.807) is 6.92 Å². The van der Waals surface area contributed by atoms with Gasteiger partial charge in [-0.3, -0.25) is 4.72 Å². The van der Waals surface area contributed by atoms with Gasteiger partial charge in [-0.2, -0.15) is 0 Å². The highest BCUT2D eigenvalue weighted by Crippen LogP contribution is 2.27. The molecule has 1 N–H and O–H groups in total. The van der Waals surface area contributed by atoms with Gasteiger partial charge < -0.3 is 0 Å². The third kappa shape index (κ3) is 3.23. The Balaban J connectivity index is 3.05. The first-order chi connectivity index (χ1) is 7.50. The predicted octanol–water partition coefficient (Wildman–Crippen LogP) is 2.96. The first-order valence-electron chi connectivity index (χ1n) is 5.59. The fourth-order valence-corrected chi connectivity index (χ4v) is 2.14. The number of para-hydroxylation sites is 1. The Kier molecular flexibility index (Phi) is 4.35. The Bertz CT molecular complexity index is 440. The minimum absolute atomic E-state index is 0.0990. The number of hydrogen-bond donors (Lipinski definition) is 1. The van der Waals surface area contributed by atoms with E-state index in [2.05, 4.69) is 18.6 Å². The molecule has 0 amide bonds. The molecule has 0 unspecified atom stereocenters. The molecule has 0 spiro atoms. The van der Waals surface area contributed by atoms with Crippen LogP contribution in [0.1, 0.15) is 38.7 Å². The van der Waals surface area contributed by atoms with Crippen LogP contribution in [-0.2, 0) is 10.0 Å². The van der Waals surface area contributed by atoms with Crippen LogP contribution in [0.15, 0.2) is 24.3 Å². The molecule has 0 aliphatic carbocycles. The van der Waals surface area contributed by atoms with E-state index >= 15 is 0 Å². The molecule has 3 nitrogen and oxygen atoms in total. The van der Waals surface area contributed by atoms with E-state index in [1.165, 1.54) is 0 Å². The van der Waals surface area contributed by atoms with Gasteiger partial charge in [-0.1, -0.05) is 32.0 Å². The second-order valence-electron chi connectivity index (χ2n) is 3.90.